The third-order valence-electron chi connectivity index (χ3n) is 4.40. The number of methoxy groups -OCH3 is 1. The lowest BCUT2D eigenvalue weighted by atomic mass is 10.1. The Morgan fingerprint density at radius 3 is 2.48 bits per heavy atom. The summed E-state index contributed by atoms with van der Waals surface area (Å²) in [6.07, 6.45) is 0.201. The lowest BCUT2D eigenvalue weighted by Gasteiger charge is -2.41. The smallest absolute Gasteiger partial charge is 0.246 e. The maximum Gasteiger partial charge on any atom is 0.246 e. The first-order valence-corrected chi connectivity index (χ1v) is 8.23. The van der Waals surface area contributed by atoms with E-state index in [4.69, 9.17) is 4.74 Å². The van der Waals surface area contributed by atoms with E-state index in [0.29, 0.717) is 18.8 Å². The van der Waals surface area contributed by atoms with E-state index in [1.165, 1.54) is 16.7 Å². The molecule has 0 radical (unpaired) electrons. The van der Waals surface area contributed by atoms with Gasteiger partial charge in [-0.1, -0.05) is 18.2 Å². The van der Waals surface area contributed by atoms with Crippen LogP contribution in [-0.2, 0) is 20.8 Å². The van der Waals surface area contributed by atoms with Crippen LogP contribution in [-0.4, -0.2) is 79.3 Å². The molecule has 0 saturated carbocycles. The van der Waals surface area contributed by atoms with Gasteiger partial charge in [-0.3, -0.25) is 14.4 Å². The Morgan fingerprint density at radius 1 is 1.20 bits per heavy atom. The Labute approximate surface area is 148 Å². The minimum Gasteiger partial charge on any atom is -0.496 e. The van der Waals surface area contributed by atoms with E-state index in [1.807, 2.05) is 24.3 Å². The molecule has 0 N–H and O–H groups in total. The monoisotopic (exact) mass is 347 g/mol. The first-order chi connectivity index (χ1) is 11.8. The van der Waals surface area contributed by atoms with E-state index < -0.39 is 6.04 Å². The Bertz CT molecular complexity index is 659. The van der Waals surface area contributed by atoms with E-state index in [1.54, 1.807) is 26.1 Å². The van der Waals surface area contributed by atoms with Crippen LogP contribution in [0.2, 0.25) is 0 Å². The number of likely N-dealkylation sites (N-methyl/N-ethyl adjacent to an activating group) is 1. The molecular formula is C18H25N3O4. The van der Waals surface area contributed by atoms with Crippen LogP contribution in [0.4, 0.5) is 0 Å². The van der Waals surface area contributed by atoms with Gasteiger partial charge in [0.1, 0.15) is 11.8 Å². The van der Waals surface area contributed by atoms with Crippen LogP contribution >= 0.6 is 0 Å². The Kier molecular flexibility index (Phi) is 6.01. The van der Waals surface area contributed by atoms with E-state index >= 15 is 0 Å². The summed E-state index contributed by atoms with van der Waals surface area (Å²) in [4.78, 5) is 41.6. The van der Waals surface area contributed by atoms with Crippen LogP contribution in [0.3, 0.4) is 0 Å². The van der Waals surface area contributed by atoms with Crippen molar-refractivity contribution < 1.29 is 19.1 Å². The van der Waals surface area contributed by atoms with E-state index in [2.05, 4.69) is 0 Å². The summed E-state index contributed by atoms with van der Waals surface area (Å²) in [6.45, 7) is 2.44. The first kappa shape index (κ1) is 18.8. The molecule has 0 aromatic heterocycles. The van der Waals surface area contributed by atoms with Gasteiger partial charge in [-0.05, 0) is 6.07 Å². The molecule has 1 aliphatic rings. The third-order valence-corrected chi connectivity index (χ3v) is 4.40. The van der Waals surface area contributed by atoms with E-state index in [9.17, 15) is 14.4 Å². The molecule has 0 aliphatic carbocycles. The summed E-state index contributed by atoms with van der Waals surface area (Å²) in [5.74, 6) is 0.255. The molecule has 1 fully saturated rings. The Morgan fingerprint density at radius 2 is 1.88 bits per heavy atom. The first-order valence-electron chi connectivity index (χ1n) is 8.23. The second-order valence-electron chi connectivity index (χ2n) is 6.29. The average Bonchev–Trinajstić information content (AvgIpc) is 2.60. The van der Waals surface area contributed by atoms with Crippen molar-refractivity contribution in [3.8, 4) is 5.75 Å². The zero-order valence-corrected chi connectivity index (χ0v) is 15.2. The van der Waals surface area contributed by atoms with Gasteiger partial charge < -0.3 is 19.4 Å². The number of hydrogen-bond donors (Lipinski definition) is 0. The SMILES string of the molecule is COc1ccccc1CC(=O)N1CCN(C(C)=O)[C@H](C(=O)N(C)C)C1. The van der Waals surface area contributed by atoms with Crippen molar-refractivity contribution in [3.05, 3.63) is 29.8 Å². The van der Waals surface area contributed by atoms with Gasteiger partial charge in [-0.25, -0.2) is 0 Å². The van der Waals surface area contributed by atoms with Crippen LogP contribution in [0.5, 0.6) is 5.75 Å². The van der Waals surface area contributed by atoms with Gasteiger partial charge in [-0.15, -0.1) is 0 Å². The fraction of sp³-hybridized carbons (Fsp3) is 0.500. The molecule has 2 rings (SSSR count). The minimum atomic E-state index is -0.636. The Balaban J connectivity index is 2.13. The van der Waals surface area contributed by atoms with Gasteiger partial charge in [0.05, 0.1) is 20.1 Å². The molecule has 1 heterocycles. The number of nitrogens with zero attached hydrogens (tertiary/aromatic N) is 3. The van der Waals surface area contributed by atoms with E-state index in [0.717, 1.165) is 5.56 Å². The normalized spacial score (nSPS) is 17.2. The van der Waals surface area contributed by atoms with E-state index in [-0.39, 0.29) is 30.7 Å². The summed E-state index contributed by atoms with van der Waals surface area (Å²) in [5.41, 5.74) is 0.805. The fourth-order valence-corrected chi connectivity index (χ4v) is 3.02. The number of piperazine rings is 1. The average molecular weight is 347 g/mol. The molecule has 1 aromatic carbocycles. The number of carbonyl (C=O) groups is 3. The highest BCUT2D eigenvalue weighted by atomic mass is 16.5. The van der Waals surface area contributed by atoms with Crippen LogP contribution < -0.4 is 4.74 Å². The number of amides is 3. The van der Waals surface area contributed by atoms with Gasteiger partial charge in [0.25, 0.3) is 0 Å². The molecule has 3 amide bonds. The molecule has 7 nitrogen and oxygen atoms in total. The number of benzene rings is 1. The third kappa shape index (κ3) is 4.29. The molecule has 25 heavy (non-hydrogen) atoms. The van der Waals surface area contributed by atoms with Crippen molar-refractivity contribution in [1.29, 1.82) is 0 Å². The van der Waals surface area contributed by atoms with Crippen molar-refractivity contribution in [2.24, 2.45) is 0 Å². The molecular weight excluding hydrogens is 322 g/mol. The topological polar surface area (TPSA) is 70.2 Å². The zero-order chi connectivity index (χ0) is 18.6. The van der Waals surface area contributed by atoms with Gasteiger partial charge in [-0.2, -0.15) is 0 Å². The highest BCUT2D eigenvalue weighted by Gasteiger charge is 2.36. The standard InChI is InChI=1S/C18H25N3O4/c1-13(22)21-10-9-20(12-15(21)18(24)19(2)3)17(23)11-14-7-5-6-8-16(14)25-4/h5-8,15H,9-12H2,1-4H3/t15-/m0/s1. The van der Waals surface area contributed by atoms with Gasteiger partial charge in [0.2, 0.25) is 17.7 Å². The highest BCUT2D eigenvalue weighted by molar-refractivity contribution is 5.88. The summed E-state index contributed by atoms with van der Waals surface area (Å²) in [6, 6.07) is 6.74. The van der Waals surface area contributed by atoms with Crippen molar-refractivity contribution in [2.45, 2.75) is 19.4 Å². The molecule has 0 bridgehead atoms. The summed E-state index contributed by atoms with van der Waals surface area (Å²) in [7, 11) is 4.87. The van der Waals surface area contributed by atoms with Crippen molar-refractivity contribution in [3.63, 3.8) is 0 Å². The van der Waals surface area contributed by atoms with Crippen LogP contribution in [0.1, 0.15) is 12.5 Å². The van der Waals surface area contributed by atoms with Crippen molar-refractivity contribution >= 4 is 17.7 Å². The number of rotatable bonds is 4. The molecule has 1 atom stereocenters. The lowest BCUT2D eigenvalue weighted by molar-refractivity contribution is -0.150. The number of ether oxygens (including phenoxy) is 1. The molecule has 136 valence electrons. The minimum absolute atomic E-state index is 0.0794. The van der Waals surface area contributed by atoms with Crippen molar-refractivity contribution in [2.75, 3.05) is 40.8 Å². The molecule has 7 heteroatoms. The quantitative estimate of drug-likeness (QED) is 0.790. The molecule has 1 aliphatic heterocycles. The predicted molar refractivity (Wildman–Crippen MR) is 93.1 cm³/mol. The van der Waals surface area contributed by atoms with Crippen LogP contribution in [0.25, 0.3) is 0 Å². The fourth-order valence-electron chi connectivity index (χ4n) is 3.02. The largest absolute Gasteiger partial charge is 0.496 e. The van der Waals surface area contributed by atoms with Gasteiger partial charge in [0.15, 0.2) is 0 Å². The zero-order valence-electron chi connectivity index (χ0n) is 15.2. The number of hydrogen-bond acceptors (Lipinski definition) is 4. The molecule has 0 unspecified atom stereocenters. The van der Waals surface area contributed by atoms with Gasteiger partial charge in [0, 0.05) is 39.7 Å². The second-order valence-corrected chi connectivity index (χ2v) is 6.29. The number of para-hydroxylation sites is 1. The molecule has 1 aromatic rings. The molecule has 0 spiro atoms. The highest BCUT2D eigenvalue weighted by Crippen LogP contribution is 2.20. The summed E-state index contributed by atoms with van der Waals surface area (Å²) < 4.78 is 5.29. The lowest BCUT2D eigenvalue weighted by Crippen LogP contribution is -2.61. The second kappa shape index (κ2) is 8.00. The van der Waals surface area contributed by atoms with Gasteiger partial charge >= 0.3 is 0 Å². The number of carbonyl (C=O) groups excluding carboxylic acids is 3. The van der Waals surface area contributed by atoms with Crippen LogP contribution in [0, 0.1) is 0 Å². The summed E-state index contributed by atoms with van der Waals surface area (Å²) in [5, 5.41) is 0. The molecule has 1 saturated heterocycles. The Hall–Kier alpha value is -2.57. The predicted octanol–water partition coefficient (Wildman–Crippen LogP) is 0.385. The van der Waals surface area contributed by atoms with Crippen LogP contribution in [0.15, 0.2) is 24.3 Å². The maximum atomic E-state index is 12.7. The maximum absolute atomic E-state index is 12.7. The summed E-state index contributed by atoms with van der Waals surface area (Å²) >= 11 is 0. The van der Waals surface area contributed by atoms with Crippen molar-refractivity contribution in [1.82, 2.24) is 14.7 Å².